The van der Waals surface area contributed by atoms with Gasteiger partial charge in [0.1, 0.15) is 24.6 Å². The number of hydrogen-bond acceptors (Lipinski definition) is 6. The fraction of sp³-hybridized carbons (Fsp3) is 0.148. The second-order valence-corrected chi connectivity index (χ2v) is 8.54. The Morgan fingerprint density at radius 2 is 1.56 bits per heavy atom. The number of ether oxygens (including phenoxy) is 1. The summed E-state index contributed by atoms with van der Waals surface area (Å²) >= 11 is 1.55. The summed E-state index contributed by atoms with van der Waals surface area (Å²) in [6.45, 7) is -0.0454. The lowest BCUT2D eigenvalue weighted by Crippen LogP contribution is -2.43. The molecule has 1 amide bonds. The zero-order chi connectivity index (χ0) is 23.6. The largest absolute Gasteiger partial charge is 0.457 e. The second-order valence-electron chi connectivity index (χ2n) is 7.51. The van der Waals surface area contributed by atoms with Crippen molar-refractivity contribution in [3.05, 3.63) is 114 Å². The molecule has 34 heavy (non-hydrogen) atoms. The van der Waals surface area contributed by atoms with Crippen LogP contribution in [-0.4, -0.2) is 28.7 Å². The molecule has 1 heterocycles. The molecule has 0 aliphatic heterocycles. The van der Waals surface area contributed by atoms with Crippen molar-refractivity contribution in [3.63, 3.8) is 0 Å². The Bertz CT molecular complexity index is 1200. The van der Waals surface area contributed by atoms with E-state index in [9.17, 15) is 9.59 Å². The molecule has 172 valence electrons. The van der Waals surface area contributed by atoms with Gasteiger partial charge in [-0.25, -0.2) is 9.78 Å². The topological polar surface area (TPSA) is 81.4 Å². The molecule has 0 aliphatic carbocycles. The summed E-state index contributed by atoms with van der Waals surface area (Å²) in [6.07, 6.45) is 1.47. The van der Waals surface area contributed by atoms with Gasteiger partial charge in [0, 0.05) is 22.6 Å². The van der Waals surface area contributed by atoms with Gasteiger partial charge in [0.15, 0.2) is 0 Å². The quantitative estimate of drug-likeness (QED) is 0.323. The number of rotatable bonds is 10. The minimum atomic E-state index is -0.804. The van der Waals surface area contributed by atoms with Crippen molar-refractivity contribution >= 4 is 23.6 Å². The van der Waals surface area contributed by atoms with Crippen LogP contribution >= 0.6 is 11.8 Å². The maximum Gasteiger partial charge on any atom is 0.329 e. The van der Waals surface area contributed by atoms with Crippen molar-refractivity contribution in [1.82, 2.24) is 10.3 Å². The van der Waals surface area contributed by atoms with Crippen molar-refractivity contribution < 1.29 is 18.7 Å². The third-order valence-corrected chi connectivity index (χ3v) is 6.06. The molecule has 1 unspecified atom stereocenters. The van der Waals surface area contributed by atoms with Gasteiger partial charge in [0.2, 0.25) is 5.89 Å². The van der Waals surface area contributed by atoms with E-state index < -0.39 is 12.0 Å². The maximum absolute atomic E-state index is 12.9. The van der Waals surface area contributed by atoms with Gasteiger partial charge in [-0.1, -0.05) is 66.7 Å². The van der Waals surface area contributed by atoms with Crippen LogP contribution in [-0.2, 0) is 21.9 Å². The lowest BCUT2D eigenvalue weighted by Gasteiger charge is -2.17. The average Bonchev–Trinajstić information content (AvgIpc) is 3.37. The molecule has 0 aliphatic rings. The van der Waals surface area contributed by atoms with Crippen LogP contribution in [0.1, 0.15) is 21.6 Å². The summed E-state index contributed by atoms with van der Waals surface area (Å²) in [5.41, 5.74) is 2.96. The highest BCUT2D eigenvalue weighted by molar-refractivity contribution is 7.98. The Morgan fingerprint density at radius 1 is 0.912 bits per heavy atom. The number of nitrogens with zero attached hydrogens (tertiary/aromatic N) is 1. The van der Waals surface area contributed by atoms with Crippen LogP contribution < -0.4 is 5.32 Å². The Morgan fingerprint density at radius 3 is 2.26 bits per heavy atom. The molecule has 0 saturated carbocycles. The van der Waals surface area contributed by atoms with Crippen molar-refractivity contribution in [2.45, 2.75) is 18.4 Å². The number of amides is 1. The molecule has 6 nitrogen and oxygen atoms in total. The van der Waals surface area contributed by atoms with Gasteiger partial charge < -0.3 is 14.5 Å². The lowest BCUT2D eigenvalue weighted by atomic mass is 10.2. The van der Waals surface area contributed by atoms with Gasteiger partial charge >= 0.3 is 5.97 Å². The Kier molecular flexibility index (Phi) is 8.13. The molecular formula is C27H24N2O4S. The summed E-state index contributed by atoms with van der Waals surface area (Å²) in [4.78, 5) is 30.0. The van der Waals surface area contributed by atoms with Gasteiger partial charge in [0.25, 0.3) is 5.91 Å². The van der Waals surface area contributed by atoms with Crippen LogP contribution in [0.2, 0.25) is 0 Å². The maximum atomic E-state index is 12.9. The summed E-state index contributed by atoms with van der Waals surface area (Å²) in [5.74, 6) is 0.708. The minimum Gasteiger partial charge on any atom is -0.457 e. The number of hydrogen-bond donors (Lipinski definition) is 1. The average molecular weight is 473 g/mol. The first kappa shape index (κ1) is 23.3. The van der Waals surface area contributed by atoms with Crippen molar-refractivity contribution in [1.29, 1.82) is 0 Å². The van der Waals surface area contributed by atoms with E-state index in [2.05, 4.69) is 10.3 Å². The Hall–Kier alpha value is -3.84. The highest BCUT2D eigenvalue weighted by Crippen LogP contribution is 2.19. The third kappa shape index (κ3) is 6.59. The summed E-state index contributed by atoms with van der Waals surface area (Å²) in [7, 11) is 0. The number of esters is 1. The highest BCUT2D eigenvalue weighted by atomic mass is 32.2. The third-order valence-electron chi connectivity index (χ3n) is 4.96. The first-order chi connectivity index (χ1) is 16.7. The van der Waals surface area contributed by atoms with E-state index in [4.69, 9.17) is 9.15 Å². The standard InChI is InChI=1S/C27H24N2O4S/c30-25(21-12-6-2-7-13-21)29-24(19-34-18-20-10-4-1-5-11-20)27(31)33-17-23-16-32-26(28-23)22-14-8-3-9-15-22/h1-16,24H,17-19H2,(H,29,30). The van der Waals surface area contributed by atoms with E-state index in [-0.39, 0.29) is 12.5 Å². The Labute approximate surface area is 202 Å². The number of oxazole rings is 1. The smallest absolute Gasteiger partial charge is 0.329 e. The number of benzene rings is 3. The zero-order valence-electron chi connectivity index (χ0n) is 18.4. The molecule has 1 atom stereocenters. The molecule has 4 rings (SSSR count). The molecule has 0 saturated heterocycles. The fourth-order valence-electron chi connectivity index (χ4n) is 3.20. The lowest BCUT2D eigenvalue weighted by molar-refractivity contribution is -0.146. The molecule has 0 bridgehead atoms. The van der Waals surface area contributed by atoms with Crippen LogP contribution in [0.15, 0.2) is 102 Å². The highest BCUT2D eigenvalue weighted by Gasteiger charge is 2.23. The predicted octanol–water partition coefficient (Wildman–Crippen LogP) is 5.12. The monoisotopic (exact) mass is 472 g/mol. The van der Waals surface area contributed by atoms with Crippen LogP contribution in [0.4, 0.5) is 0 Å². The fourth-order valence-corrected chi connectivity index (χ4v) is 4.20. The van der Waals surface area contributed by atoms with E-state index in [0.717, 1.165) is 16.9 Å². The van der Waals surface area contributed by atoms with Crippen molar-refractivity contribution in [3.8, 4) is 11.5 Å². The van der Waals surface area contributed by atoms with E-state index in [1.165, 1.54) is 6.26 Å². The van der Waals surface area contributed by atoms with E-state index in [1.807, 2.05) is 66.7 Å². The molecule has 0 fully saturated rings. The molecule has 7 heteroatoms. The molecule has 0 spiro atoms. The Balaban J connectivity index is 1.38. The zero-order valence-corrected chi connectivity index (χ0v) is 19.2. The molecule has 4 aromatic rings. The molecule has 0 radical (unpaired) electrons. The van der Waals surface area contributed by atoms with Crippen molar-refractivity contribution in [2.24, 2.45) is 0 Å². The summed E-state index contributed by atoms with van der Waals surface area (Å²) in [6, 6.07) is 27.4. The molecular weight excluding hydrogens is 448 g/mol. The van der Waals surface area contributed by atoms with Crippen LogP contribution in [0, 0.1) is 0 Å². The normalized spacial score (nSPS) is 11.5. The first-order valence-electron chi connectivity index (χ1n) is 10.8. The number of nitrogens with one attached hydrogen (secondary N) is 1. The number of thioether (sulfide) groups is 1. The second kappa shape index (κ2) is 11.9. The molecule has 1 aromatic heterocycles. The number of aromatic nitrogens is 1. The van der Waals surface area contributed by atoms with Gasteiger partial charge in [0.05, 0.1) is 0 Å². The van der Waals surface area contributed by atoms with Crippen molar-refractivity contribution in [2.75, 3.05) is 5.75 Å². The van der Waals surface area contributed by atoms with Crippen LogP contribution in [0.3, 0.4) is 0 Å². The van der Waals surface area contributed by atoms with Gasteiger partial charge in [-0.05, 0) is 29.8 Å². The van der Waals surface area contributed by atoms with E-state index in [1.54, 1.807) is 36.0 Å². The number of carbonyl (C=O) groups excluding carboxylic acids is 2. The van der Waals surface area contributed by atoms with Crippen LogP contribution in [0.25, 0.3) is 11.5 Å². The predicted molar refractivity (Wildman–Crippen MR) is 132 cm³/mol. The van der Waals surface area contributed by atoms with Gasteiger partial charge in [-0.15, -0.1) is 0 Å². The first-order valence-corrected chi connectivity index (χ1v) is 12.0. The minimum absolute atomic E-state index is 0.0454. The van der Waals surface area contributed by atoms with Crippen LogP contribution in [0.5, 0.6) is 0 Å². The summed E-state index contributed by atoms with van der Waals surface area (Å²) in [5, 5.41) is 2.81. The summed E-state index contributed by atoms with van der Waals surface area (Å²) < 4.78 is 11.0. The molecule has 3 aromatic carbocycles. The molecule has 1 N–H and O–H groups in total. The van der Waals surface area contributed by atoms with Gasteiger partial charge in [-0.3, -0.25) is 4.79 Å². The number of carbonyl (C=O) groups is 2. The van der Waals surface area contributed by atoms with E-state index >= 15 is 0 Å². The van der Waals surface area contributed by atoms with E-state index in [0.29, 0.717) is 22.9 Å². The van der Waals surface area contributed by atoms with Gasteiger partial charge in [-0.2, -0.15) is 11.8 Å². The SMILES string of the molecule is O=C(NC(CSCc1ccccc1)C(=O)OCc1coc(-c2ccccc2)n1)c1ccccc1.